The molecule has 76 heavy (non-hydrogen) atoms. The third-order valence-electron chi connectivity index (χ3n) is 13.8. The number of unbranched alkanes of at least 4 members (excludes halogenated alkanes) is 9. The van der Waals surface area contributed by atoms with Crippen molar-refractivity contribution in [2.45, 2.75) is 208 Å². The quantitative estimate of drug-likeness (QED) is 0.0447. The normalized spacial score (nSPS) is 35.9. The second kappa shape index (κ2) is 30.8. The van der Waals surface area contributed by atoms with E-state index in [0.717, 1.165) is 87.7 Å². The van der Waals surface area contributed by atoms with Gasteiger partial charge in [-0.15, -0.1) is 0 Å². The second-order valence-electron chi connectivity index (χ2n) is 19.4. The number of hydrogen-bond acceptors (Lipinski definition) is 24. The Labute approximate surface area is 448 Å². The monoisotopic (exact) mass is 1120 g/mol. The van der Waals surface area contributed by atoms with Crippen molar-refractivity contribution in [2.75, 3.05) is 37.1 Å². The molecule has 2 aromatic rings. The average molecular weight is 1120 g/mol. The van der Waals surface area contributed by atoms with Crippen molar-refractivity contribution in [1.29, 1.82) is 0 Å². The molecular weight excluding hydrogens is 1040 g/mol. The van der Waals surface area contributed by atoms with Crippen molar-refractivity contribution in [1.82, 2.24) is 0 Å². The molecule has 0 bridgehead atoms. The Balaban J connectivity index is 0.777. The van der Waals surface area contributed by atoms with Crippen molar-refractivity contribution < 1.29 is 110 Å². The maximum absolute atomic E-state index is 12.6. The van der Waals surface area contributed by atoms with Crippen molar-refractivity contribution in [3.8, 4) is 0 Å². The number of benzene rings is 2. The molecule has 4 fully saturated rings. The summed E-state index contributed by atoms with van der Waals surface area (Å²) < 4.78 is 33.6. The zero-order valence-electron chi connectivity index (χ0n) is 41.8. The number of aliphatic hydroxyl groups is 14. The summed E-state index contributed by atoms with van der Waals surface area (Å²) >= 11 is 2.14. The molecule has 0 radical (unpaired) electrons. The van der Waals surface area contributed by atoms with E-state index in [1.807, 2.05) is 0 Å². The maximum atomic E-state index is 12.6. The summed E-state index contributed by atoms with van der Waals surface area (Å²) in [6.07, 6.45) is -17.1. The summed E-state index contributed by atoms with van der Waals surface area (Å²) in [7, 11) is 0. The summed E-state index contributed by atoms with van der Waals surface area (Å²) in [5.41, 5.74) is -0.947. The number of nitrogens with one attached hydrogen (secondary N) is 2. The van der Waals surface area contributed by atoms with Gasteiger partial charge in [0.05, 0.1) is 26.4 Å². The fourth-order valence-electron chi connectivity index (χ4n) is 9.24. The van der Waals surface area contributed by atoms with Crippen LogP contribution in [-0.2, 0) is 38.0 Å². The summed E-state index contributed by atoms with van der Waals surface area (Å²) in [6, 6.07) is 13.6. The van der Waals surface area contributed by atoms with Crippen LogP contribution < -0.4 is 10.6 Å². The number of rotatable bonds is 27. The Morgan fingerprint density at radius 1 is 0.395 bits per heavy atom. The molecule has 24 nitrogen and oxygen atoms in total. The zero-order valence-corrected chi connectivity index (χ0v) is 43.5. The molecule has 0 spiro atoms. The summed E-state index contributed by atoms with van der Waals surface area (Å²) in [5.74, 6) is -0.243. The molecule has 6 rings (SSSR count). The van der Waals surface area contributed by atoms with Crippen LogP contribution >= 0.6 is 23.5 Å². The SMILES string of the molecule is O=C(CCCCCCCCCCCCC(=O)Nc1ccc(S[C@@H]2O[C@H](CO)[C@@H](O[C@@H]3O[C@H](CO)[C@@H](O)[C@H](O)[C@H]3O)[C@H](O)[C@H]2O)cc1)Nc1ccc(S[C@@H]2O[C@H](CO)[C@@H](O[C@@H]3O[C@H](CO)[C@@H](O)[C@H](O)[C@H]3O)[C@H](O)[C@H]2O)cc1. The van der Waals surface area contributed by atoms with Crippen LogP contribution in [0.3, 0.4) is 0 Å². The van der Waals surface area contributed by atoms with Crippen LogP contribution in [-0.4, -0.2) is 231 Å². The Bertz CT molecular complexity index is 1890. The minimum Gasteiger partial charge on any atom is -0.394 e. The van der Waals surface area contributed by atoms with E-state index in [9.17, 15) is 81.1 Å². The molecule has 16 N–H and O–H groups in total. The van der Waals surface area contributed by atoms with Gasteiger partial charge in [0, 0.05) is 34.0 Å². The largest absolute Gasteiger partial charge is 0.394 e. The zero-order chi connectivity index (χ0) is 55.1. The van der Waals surface area contributed by atoms with Crippen LogP contribution in [0.4, 0.5) is 11.4 Å². The number of aliphatic hydroxyl groups excluding tert-OH is 14. The number of thioether (sulfide) groups is 2. The summed E-state index contributed by atoms with van der Waals surface area (Å²) in [5, 5.41) is 149. The van der Waals surface area contributed by atoms with Crippen molar-refractivity contribution in [3.63, 3.8) is 0 Å². The van der Waals surface area contributed by atoms with Crippen LogP contribution in [0, 0.1) is 0 Å². The Kier molecular flexibility index (Phi) is 25.3. The van der Waals surface area contributed by atoms with Gasteiger partial charge >= 0.3 is 0 Å². The molecule has 2 aromatic carbocycles. The van der Waals surface area contributed by atoms with Gasteiger partial charge in [-0.2, -0.15) is 0 Å². The first-order valence-corrected chi connectivity index (χ1v) is 27.5. The van der Waals surface area contributed by atoms with Gasteiger partial charge in [-0.3, -0.25) is 9.59 Å². The second-order valence-corrected chi connectivity index (χ2v) is 21.8. The predicted molar refractivity (Wildman–Crippen MR) is 270 cm³/mol. The van der Waals surface area contributed by atoms with E-state index < -0.39 is 148 Å². The number of carbonyl (C=O) groups is 2. The number of amides is 2. The molecule has 4 aliphatic rings. The highest BCUT2D eigenvalue weighted by Crippen LogP contribution is 2.38. The molecule has 4 saturated heterocycles. The number of ether oxygens (including phenoxy) is 6. The van der Waals surface area contributed by atoms with E-state index in [0.29, 0.717) is 34.0 Å². The van der Waals surface area contributed by atoms with Gasteiger partial charge in [0.1, 0.15) is 109 Å². The van der Waals surface area contributed by atoms with Gasteiger partial charge in [0.15, 0.2) is 12.6 Å². The third kappa shape index (κ3) is 16.9. The molecule has 26 heteroatoms. The minimum absolute atomic E-state index is 0.121. The smallest absolute Gasteiger partial charge is 0.224 e. The lowest BCUT2D eigenvalue weighted by Crippen LogP contribution is -2.64. The highest BCUT2D eigenvalue weighted by molar-refractivity contribution is 8.00. The van der Waals surface area contributed by atoms with Gasteiger partial charge in [-0.05, 0) is 61.4 Å². The first-order chi connectivity index (χ1) is 36.5. The number of carbonyl (C=O) groups excluding carboxylic acids is 2. The lowest BCUT2D eigenvalue weighted by molar-refractivity contribution is -0.338. The van der Waals surface area contributed by atoms with Gasteiger partial charge < -0.3 is 111 Å². The highest BCUT2D eigenvalue weighted by atomic mass is 32.2. The topological polar surface area (TPSA) is 397 Å². The number of anilines is 2. The summed E-state index contributed by atoms with van der Waals surface area (Å²) in [4.78, 5) is 26.5. The van der Waals surface area contributed by atoms with E-state index >= 15 is 0 Å². The molecule has 0 aromatic heterocycles. The van der Waals surface area contributed by atoms with Gasteiger partial charge in [0.2, 0.25) is 11.8 Å². The molecule has 4 heterocycles. The molecule has 2 amide bonds. The molecular formula is C50H76N2O22S2. The lowest BCUT2D eigenvalue weighted by Gasteiger charge is -2.46. The predicted octanol–water partition coefficient (Wildman–Crippen LogP) is -1.62. The summed E-state index contributed by atoms with van der Waals surface area (Å²) in [6.45, 7) is -2.68. The first-order valence-electron chi connectivity index (χ1n) is 25.8. The van der Waals surface area contributed by atoms with Gasteiger partial charge in [-0.1, -0.05) is 74.9 Å². The number of hydrogen-bond donors (Lipinski definition) is 16. The first kappa shape index (κ1) is 62.5. The molecule has 0 unspecified atom stereocenters. The maximum Gasteiger partial charge on any atom is 0.224 e. The molecule has 430 valence electrons. The van der Waals surface area contributed by atoms with E-state index in [2.05, 4.69) is 10.6 Å². The van der Waals surface area contributed by atoms with Crippen molar-refractivity contribution >= 4 is 46.7 Å². The van der Waals surface area contributed by atoms with Gasteiger partial charge in [-0.25, -0.2) is 0 Å². The standard InChI is InChI=1S/C50H76N2O22S2/c53-21-29-35(59)37(61)41(65)47(69-29)73-45-31(23-55)71-49(43(67)39(45)63)75-27-17-13-25(14-18-27)51-33(57)11-9-7-5-3-1-2-4-6-8-10-12-34(58)52-26-15-19-28(20-16-26)76-50-44(68)40(64)46(32(24-56)72-50)74-48-42(66)38(62)36(60)30(22-54)70-48/h13-20,29-32,35-50,53-56,59-68H,1-12,21-24H2,(H,51,57)(H,52,58)/t29-,30-,31-,32-,35-,36-,37+,38+,39-,40-,41-,42-,43-,44-,45-,46-,47+,48+,49+,50+/m1/s1. The average Bonchev–Trinajstić information content (AvgIpc) is 3.41. The third-order valence-corrected chi connectivity index (χ3v) is 16.1. The minimum atomic E-state index is -1.76. The van der Waals surface area contributed by atoms with Crippen molar-refractivity contribution in [2.24, 2.45) is 0 Å². The molecule has 0 aliphatic carbocycles. The Morgan fingerprint density at radius 3 is 1.03 bits per heavy atom. The van der Waals surface area contributed by atoms with E-state index in [1.54, 1.807) is 48.5 Å². The van der Waals surface area contributed by atoms with E-state index in [1.165, 1.54) is 0 Å². The fourth-order valence-corrected chi connectivity index (χ4v) is 11.4. The molecule has 4 aliphatic heterocycles. The van der Waals surface area contributed by atoms with Crippen LogP contribution in [0.5, 0.6) is 0 Å². The Morgan fingerprint density at radius 2 is 0.711 bits per heavy atom. The highest BCUT2D eigenvalue weighted by Gasteiger charge is 2.52. The lowest BCUT2D eigenvalue weighted by atomic mass is 9.97. The van der Waals surface area contributed by atoms with Crippen LogP contribution in [0.1, 0.15) is 77.0 Å². The van der Waals surface area contributed by atoms with Crippen LogP contribution in [0.25, 0.3) is 0 Å². The Hall–Kier alpha value is -2.72. The molecule has 0 saturated carbocycles. The molecule has 20 atom stereocenters. The fraction of sp³-hybridized carbons (Fsp3) is 0.720. The van der Waals surface area contributed by atoms with Crippen LogP contribution in [0.2, 0.25) is 0 Å². The van der Waals surface area contributed by atoms with E-state index in [4.69, 9.17) is 28.4 Å². The van der Waals surface area contributed by atoms with Crippen LogP contribution in [0.15, 0.2) is 58.3 Å². The van der Waals surface area contributed by atoms with Crippen molar-refractivity contribution in [3.05, 3.63) is 48.5 Å². The van der Waals surface area contributed by atoms with E-state index in [-0.39, 0.29) is 11.8 Å². The van der Waals surface area contributed by atoms with Gasteiger partial charge in [0.25, 0.3) is 0 Å².